The molecule has 1 unspecified atom stereocenters. The lowest BCUT2D eigenvalue weighted by molar-refractivity contribution is -0.146. The number of carboxylic acid groups (broad SMARTS) is 1. The van der Waals surface area contributed by atoms with Crippen LogP contribution in [0, 0.1) is 0 Å². The number of hydrogen-bond acceptors (Lipinski definition) is 4. The summed E-state index contributed by atoms with van der Waals surface area (Å²) >= 11 is 0. The number of benzene rings is 1. The normalized spacial score (nSPS) is 11.6. The van der Waals surface area contributed by atoms with Gasteiger partial charge in [0.1, 0.15) is 6.29 Å². The molecule has 1 aromatic rings. The van der Waals surface area contributed by atoms with E-state index in [1.54, 1.807) is 0 Å². The molecule has 90 valence electrons. The first-order valence-electron chi connectivity index (χ1n) is 4.79. The Labute approximate surface area is 96.9 Å². The third-order valence-electron chi connectivity index (χ3n) is 2.05. The lowest BCUT2D eigenvalue weighted by Gasteiger charge is -2.07. The summed E-state index contributed by atoms with van der Waals surface area (Å²) in [7, 11) is 0. The van der Waals surface area contributed by atoms with Crippen molar-refractivity contribution in [3.05, 3.63) is 35.4 Å². The second-order valence-corrected chi connectivity index (χ2v) is 3.30. The monoisotopic (exact) mass is 237 g/mol. The minimum absolute atomic E-state index is 0.285. The van der Waals surface area contributed by atoms with E-state index in [1.807, 2.05) is 0 Å². The summed E-state index contributed by atoms with van der Waals surface area (Å²) in [4.78, 5) is 32.1. The van der Waals surface area contributed by atoms with E-state index in [1.165, 1.54) is 24.3 Å². The van der Waals surface area contributed by atoms with Crippen LogP contribution in [0.4, 0.5) is 0 Å². The van der Waals surface area contributed by atoms with E-state index in [9.17, 15) is 14.4 Å². The number of carbonyl (C=O) groups excluding carboxylic acids is 2. The summed E-state index contributed by atoms with van der Waals surface area (Å²) in [5, 5.41) is 19.6. The van der Waals surface area contributed by atoms with Crippen LogP contribution in [0.2, 0.25) is 0 Å². The Morgan fingerprint density at radius 3 is 2.35 bits per heavy atom. The highest BCUT2D eigenvalue weighted by molar-refractivity contribution is 5.95. The molecule has 0 aliphatic rings. The van der Waals surface area contributed by atoms with Gasteiger partial charge in [-0.25, -0.2) is 4.79 Å². The number of rotatable bonds is 5. The standard InChI is InChI=1S/C11H11NO5/c13-6-7-1-3-8(4-2-7)10(15)12-5-9(14)11(16)17/h1-4,6,9,14H,5H2,(H,12,15)(H,16,17). The van der Waals surface area contributed by atoms with Gasteiger partial charge in [0.15, 0.2) is 6.10 Å². The third kappa shape index (κ3) is 3.69. The minimum Gasteiger partial charge on any atom is -0.479 e. The summed E-state index contributed by atoms with van der Waals surface area (Å²) in [5.41, 5.74) is 0.723. The van der Waals surface area contributed by atoms with Gasteiger partial charge in [-0.2, -0.15) is 0 Å². The molecule has 1 amide bonds. The number of aliphatic hydroxyl groups is 1. The van der Waals surface area contributed by atoms with E-state index in [0.29, 0.717) is 11.8 Å². The Hall–Kier alpha value is -2.21. The zero-order chi connectivity index (χ0) is 12.8. The van der Waals surface area contributed by atoms with Crippen molar-refractivity contribution in [2.24, 2.45) is 0 Å². The van der Waals surface area contributed by atoms with Crippen LogP contribution in [0.1, 0.15) is 20.7 Å². The summed E-state index contributed by atoms with van der Waals surface area (Å²) in [5.74, 6) is -1.91. The molecule has 0 fully saturated rings. The molecule has 3 N–H and O–H groups in total. The molecule has 0 spiro atoms. The number of aldehydes is 1. The summed E-state index contributed by atoms with van der Waals surface area (Å²) in [6, 6.07) is 5.81. The molecule has 0 aliphatic carbocycles. The molecule has 0 saturated carbocycles. The predicted octanol–water partition coefficient (Wildman–Crippen LogP) is -0.326. The molecular formula is C11H11NO5. The van der Waals surface area contributed by atoms with Crippen LogP contribution < -0.4 is 5.32 Å². The molecule has 0 bridgehead atoms. The van der Waals surface area contributed by atoms with Gasteiger partial charge in [-0.15, -0.1) is 0 Å². The zero-order valence-corrected chi connectivity index (χ0v) is 8.79. The topological polar surface area (TPSA) is 104 Å². The SMILES string of the molecule is O=Cc1ccc(C(=O)NCC(O)C(=O)O)cc1. The summed E-state index contributed by atoms with van der Waals surface area (Å²) in [6.07, 6.45) is -0.983. The van der Waals surface area contributed by atoms with Gasteiger partial charge in [0, 0.05) is 11.1 Å². The number of aliphatic carboxylic acids is 1. The quantitative estimate of drug-likeness (QED) is 0.608. The molecule has 0 heterocycles. The average molecular weight is 237 g/mol. The molecular weight excluding hydrogens is 226 g/mol. The van der Waals surface area contributed by atoms with Crippen molar-refractivity contribution in [2.45, 2.75) is 6.10 Å². The maximum Gasteiger partial charge on any atom is 0.334 e. The lowest BCUT2D eigenvalue weighted by Crippen LogP contribution is -2.36. The highest BCUT2D eigenvalue weighted by Gasteiger charge is 2.14. The predicted molar refractivity (Wildman–Crippen MR) is 57.8 cm³/mol. The largest absolute Gasteiger partial charge is 0.479 e. The van der Waals surface area contributed by atoms with Crippen LogP contribution in [-0.2, 0) is 4.79 Å². The molecule has 0 radical (unpaired) electrons. The van der Waals surface area contributed by atoms with Gasteiger partial charge in [-0.3, -0.25) is 9.59 Å². The van der Waals surface area contributed by atoms with Gasteiger partial charge in [0.25, 0.3) is 5.91 Å². The van der Waals surface area contributed by atoms with Crippen LogP contribution in [0.3, 0.4) is 0 Å². The second kappa shape index (κ2) is 5.76. The number of hydrogen-bond donors (Lipinski definition) is 3. The smallest absolute Gasteiger partial charge is 0.334 e. The Kier molecular flexibility index (Phi) is 4.36. The fraction of sp³-hybridized carbons (Fsp3) is 0.182. The Bertz CT molecular complexity index is 426. The molecule has 6 nitrogen and oxygen atoms in total. The molecule has 0 aliphatic heterocycles. The van der Waals surface area contributed by atoms with Crippen LogP contribution in [0.25, 0.3) is 0 Å². The average Bonchev–Trinajstić information content (AvgIpc) is 2.35. The van der Waals surface area contributed by atoms with Crippen LogP contribution >= 0.6 is 0 Å². The fourth-order valence-electron chi connectivity index (χ4n) is 1.09. The van der Waals surface area contributed by atoms with Crippen molar-refractivity contribution in [2.75, 3.05) is 6.54 Å². The van der Waals surface area contributed by atoms with Gasteiger partial charge in [0.05, 0.1) is 6.54 Å². The number of nitrogens with one attached hydrogen (secondary N) is 1. The van der Waals surface area contributed by atoms with Gasteiger partial charge >= 0.3 is 5.97 Å². The van der Waals surface area contributed by atoms with E-state index in [-0.39, 0.29) is 12.1 Å². The first-order chi connectivity index (χ1) is 8.04. The van der Waals surface area contributed by atoms with Crippen molar-refractivity contribution in [1.29, 1.82) is 0 Å². The fourth-order valence-corrected chi connectivity index (χ4v) is 1.09. The second-order valence-electron chi connectivity index (χ2n) is 3.30. The van der Waals surface area contributed by atoms with E-state index < -0.39 is 18.0 Å². The molecule has 1 atom stereocenters. The highest BCUT2D eigenvalue weighted by Crippen LogP contribution is 2.02. The lowest BCUT2D eigenvalue weighted by atomic mass is 10.1. The molecule has 0 aromatic heterocycles. The maximum atomic E-state index is 11.5. The third-order valence-corrected chi connectivity index (χ3v) is 2.05. The molecule has 6 heteroatoms. The number of carbonyl (C=O) groups is 3. The van der Waals surface area contributed by atoms with Crippen molar-refractivity contribution < 1.29 is 24.6 Å². The van der Waals surface area contributed by atoms with Gasteiger partial charge < -0.3 is 15.5 Å². The first kappa shape index (κ1) is 12.9. The van der Waals surface area contributed by atoms with Gasteiger partial charge in [-0.05, 0) is 12.1 Å². The molecule has 1 rings (SSSR count). The van der Waals surface area contributed by atoms with Crippen molar-refractivity contribution in [1.82, 2.24) is 5.32 Å². The molecule has 1 aromatic carbocycles. The Morgan fingerprint density at radius 1 is 1.29 bits per heavy atom. The van der Waals surface area contributed by atoms with Crippen molar-refractivity contribution in [3.63, 3.8) is 0 Å². The van der Waals surface area contributed by atoms with Crippen molar-refractivity contribution in [3.8, 4) is 0 Å². The first-order valence-corrected chi connectivity index (χ1v) is 4.79. The van der Waals surface area contributed by atoms with E-state index in [0.717, 1.165) is 0 Å². The summed E-state index contributed by atoms with van der Waals surface area (Å²) in [6.45, 7) is -0.371. The van der Waals surface area contributed by atoms with E-state index in [4.69, 9.17) is 10.2 Å². The van der Waals surface area contributed by atoms with E-state index >= 15 is 0 Å². The van der Waals surface area contributed by atoms with Crippen LogP contribution in [0.5, 0.6) is 0 Å². The highest BCUT2D eigenvalue weighted by atomic mass is 16.4. The maximum absolute atomic E-state index is 11.5. The minimum atomic E-state index is -1.63. The Morgan fingerprint density at radius 2 is 1.88 bits per heavy atom. The molecule has 17 heavy (non-hydrogen) atoms. The summed E-state index contributed by atoms with van der Waals surface area (Å²) < 4.78 is 0. The van der Waals surface area contributed by atoms with E-state index in [2.05, 4.69) is 5.32 Å². The van der Waals surface area contributed by atoms with Gasteiger partial charge in [0.2, 0.25) is 0 Å². The van der Waals surface area contributed by atoms with Crippen molar-refractivity contribution >= 4 is 18.2 Å². The zero-order valence-electron chi connectivity index (χ0n) is 8.79. The van der Waals surface area contributed by atoms with Crippen LogP contribution in [0.15, 0.2) is 24.3 Å². The van der Waals surface area contributed by atoms with Gasteiger partial charge in [-0.1, -0.05) is 12.1 Å². The van der Waals surface area contributed by atoms with Crippen LogP contribution in [-0.4, -0.2) is 41.0 Å². The Balaban J connectivity index is 2.57. The molecule has 0 saturated heterocycles. The number of amides is 1. The number of carboxylic acids is 1. The number of aliphatic hydroxyl groups excluding tert-OH is 1.